The zero-order valence-corrected chi connectivity index (χ0v) is 13.2. The number of nitrogens with one attached hydrogen (secondary N) is 3. The molecule has 2 fully saturated rings. The predicted molar refractivity (Wildman–Crippen MR) is 82.0 cm³/mol. The van der Waals surface area contributed by atoms with Crippen molar-refractivity contribution in [1.82, 2.24) is 20.9 Å². The van der Waals surface area contributed by atoms with Crippen molar-refractivity contribution in [3.8, 4) is 0 Å². The maximum atomic E-state index is 12.1. The first-order chi connectivity index (χ1) is 10.1. The molecule has 0 aromatic heterocycles. The minimum Gasteiger partial charge on any atom is -0.338 e. The lowest BCUT2D eigenvalue weighted by molar-refractivity contribution is -0.125. The van der Waals surface area contributed by atoms with Crippen LogP contribution >= 0.6 is 0 Å². The highest BCUT2D eigenvalue weighted by Gasteiger charge is 2.29. The number of hydrogen-bond donors (Lipinski definition) is 3. The Bertz CT molecular complexity index is 371. The molecule has 2 aliphatic rings. The van der Waals surface area contributed by atoms with Gasteiger partial charge in [0.05, 0.1) is 6.04 Å². The second kappa shape index (κ2) is 7.75. The molecule has 3 N–H and O–H groups in total. The summed E-state index contributed by atoms with van der Waals surface area (Å²) in [4.78, 5) is 25.7. The lowest BCUT2D eigenvalue weighted by atomic mass is 9.96. The van der Waals surface area contributed by atoms with E-state index in [-0.39, 0.29) is 11.9 Å². The van der Waals surface area contributed by atoms with Gasteiger partial charge in [0.2, 0.25) is 5.91 Å². The molecule has 21 heavy (non-hydrogen) atoms. The van der Waals surface area contributed by atoms with E-state index in [0.29, 0.717) is 12.5 Å². The molecule has 120 valence electrons. The van der Waals surface area contributed by atoms with Gasteiger partial charge in [-0.25, -0.2) is 4.79 Å². The number of carbonyl (C=O) groups excluding carboxylic acids is 2. The third kappa shape index (κ3) is 5.28. The second-order valence-electron chi connectivity index (χ2n) is 6.21. The largest absolute Gasteiger partial charge is 0.338 e. The number of piperidine rings is 1. The molecule has 1 saturated carbocycles. The van der Waals surface area contributed by atoms with Crippen LogP contribution in [-0.2, 0) is 4.79 Å². The number of hydrogen-bond acceptors (Lipinski definition) is 4. The molecule has 2 atom stereocenters. The molecular formula is C15H28N4O2. The van der Waals surface area contributed by atoms with Crippen molar-refractivity contribution in [2.24, 2.45) is 5.92 Å². The Morgan fingerprint density at radius 3 is 2.71 bits per heavy atom. The minimum absolute atomic E-state index is 0.211. The van der Waals surface area contributed by atoms with E-state index in [1.807, 2.05) is 13.8 Å². The standard InChI is InChI=1S/C15H28N4O2/c1-3-16-15(21)18-14(20)11(2)19-8-4-5-12(10-19)9-17-13-6-7-13/h11-13,17H,3-10H2,1-2H3,(H2,16,18,20,21). The van der Waals surface area contributed by atoms with E-state index < -0.39 is 6.03 Å². The fourth-order valence-corrected chi connectivity index (χ4v) is 2.82. The molecule has 2 rings (SSSR count). The Morgan fingerprint density at radius 2 is 2.05 bits per heavy atom. The molecule has 1 heterocycles. The van der Waals surface area contributed by atoms with E-state index in [0.717, 1.165) is 32.1 Å². The summed E-state index contributed by atoms with van der Waals surface area (Å²) in [6, 6.07) is 0.0773. The van der Waals surface area contributed by atoms with E-state index in [4.69, 9.17) is 0 Å². The van der Waals surface area contributed by atoms with Crippen molar-refractivity contribution in [3.05, 3.63) is 0 Å². The average Bonchev–Trinajstić information content (AvgIpc) is 3.29. The number of urea groups is 1. The molecule has 2 unspecified atom stereocenters. The predicted octanol–water partition coefficient (Wildman–Crippen LogP) is 0.685. The van der Waals surface area contributed by atoms with Gasteiger partial charge in [0.25, 0.3) is 0 Å². The third-order valence-corrected chi connectivity index (χ3v) is 4.32. The van der Waals surface area contributed by atoms with Gasteiger partial charge < -0.3 is 10.6 Å². The van der Waals surface area contributed by atoms with Crippen molar-refractivity contribution in [3.63, 3.8) is 0 Å². The van der Waals surface area contributed by atoms with E-state index in [1.54, 1.807) is 0 Å². The number of likely N-dealkylation sites (tertiary alicyclic amines) is 1. The van der Waals surface area contributed by atoms with Crippen LogP contribution in [0.15, 0.2) is 0 Å². The fraction of sp³-hybridized carbons (Fsp3) is 0.867. The summed E-state index contributed by atoms with van der Waals surface area (Å²) in [7, 11) is 0. The van der Waals surface area contributed by atoms with Crippen LogP contribution in [0.5, 0.6) is 0 Å². The number of rotatable bonds is 6. The monoisotopic (exact) mass is 296 g/mol. The molecule has 3 amide bonds. The van der Waals surface area contributed by atoms with Gasteiger partial charge in [-0.1, -0.05) is 0 Å². The maximum absolute atomic E-state index is 12.1. The lowest BCUT2D eigenvalue weighted by Crippen LogP contribution is -2.52. The van der Waals surface area contributed by atoms with Gasteiger partial charge in [0.1, 0.15) is 0 Å². The maximum Gasteiger partial charge on any atom is 0.321 e. The zero-order valence-electron chi connectivity index (χ0n) is 13.2. The van der Waals surface area contributed by atoms with E-state index >= 15 is 0 Å². The van der Waals surface area contributed by atoms with E-state index in [1.165, 1.54) is 19.3 Å². The molecule has 0 bridgehead atoms. The minimum atomic E-state index is -0.404. The summed E-state index contributed by atoms with van der Waals surface area (Å²) in [5.41, 5.74) is 0. The van der Waals surface area contributed by atoms with Crippen molar-refractivity contribution < 1.29 is 9.59 Å². The van der Waals surface area contributed by atoms with Crippen LogP contribution in [-0.4, -0.2) is 55.1 Å². The van der Waals surface area contributed by atoms with Gasteiger partial charge in [0, 0.05) is 19.1 Å². The molecule has 6 heteroatoms. The Kier molecular flexibility index (Phi) is 5.99. The van der Waals surface area contributed by atoms with E-state index in [2.05, 4.69) is 20.9 Å². The number of amides is 3. The SMILES string of the molecule is CCNC(=O)NC(=O)C(C)N1CCCC(CNC2CC2)C1. The summed E-state index contributed by atoms with van der Waals surface area (Å²) in [5.74, 6) is 0.399. The van der Waals surface area contributed by atoms with Crippen LogP contribution in [0.25, 0.3) is 0 Å². The van der Waals surface area contributed by atoms with E-state index in [9.17, 15) is 9.59 Å². The fourth-order valence-electron chi connectivity index (χ4n) is 2.82. The van der Waals surface area contributed by atoms with Crippen molar-refractivity contribution in [1.29, 1.82) is 0 Å². The van der Waals surface area contributed by atoms with Crippen LogP contribution in [0.2, 0.25) is 0 Å². The number of nitrogens with zero attached hydrogens (tertiary/aromatic N) is 1. The topological polar surface area (TPSA) is 73.5 Å². The quantitative estimate of drug-likeness (QED) is 0.674. The Labute approximate surface area is 127 Å². The Hall–Kier alpha value is -1.14. The molecule has 6 nitrogen and oxygen atoms in total. The van der Waals surface area contributed by atoms with Crippen LogP contribution in [0.4, 0.5) is 4.79 Å². The summed E-state index contributed by atoms with van der Waals surface area (Å²) < 4.78 is 0. The first kappa shape index (κ1) is 16.2. The summed E-state index contributed by atoms with van der Waals surface area (Å²) >= 11 is 0. The normalized spacial score (nSPS) is 24.4. The molecule has 1 aliphatic heterocycles. The van der Waals surface area contributed by atoms with Gasteiger partial charge in [-0.2, -0.15) is 0 Å². The van der Waals surface area contributed by atoms with Gasteiger partial charge >= 0.3 is 6.03 Å². The van der Waals surface area contributed by atoms with Gasteiger partial charge in [-0.05, 0) is 58.5 Å². The summed E-state index contributed by atoms with van der Waals surface area (Å²) in [6.07, 6.45) is 4.96. The van der Waals surface area contributed by atoms with Crippen LogP contribution in [0.1, 0.15) is 39.5 Å². The zero-order chi connectivity index (χ0) is 15.2. The second-order valence-corrected chi connectivity index (χ2v) is 6.21. The summed E-state index contributed by atoms with van der Waals surface area (Å²) in [6.45, 7) is 7.15. The Balaban J connectivity index is 1.75. The molecule has 1 aliphatic carbocycles. The first-order valence-corrected chi connectivity index (χ1v) is 8.16. The van der Waals surface area contributed by atoms with Crippen LogP contribution < -0.4 is 16.0 Å². The van der Waals surface area contributed by atoms with Crippen molar-refractivity contribution >= 4 is 11.9 Å². The molecule has 0 aromatic rings. The number of imide groups is 1. The molecular weight excluding hydrogens is 268 g/mol. The van der Waals surface area contributed by atoms with Gasteiger partial charge in [-0.15, -0.1) is 0 Å². The van der Waals surface area contributed by atoms with Crippen LogP contribution in [0, 0.1) is 5.92 Å². The van der Waals surface area contributed by atoms with Crippen molar-refractivity contribution in [2.75, 3.05) is 26.2 Å². The first-order valence-electron chi connectivity index (χ1n) is 8.16. The Morgan fingerprint density at radius 1 is 1.29 bits per heavy atom. The van der Waals surface area contributed by atoms with Gasteiger partial charge in [-0.3, -0.25) is 15.0 Å². The van der Waals surface area contributed by atoms with Crippen molar-refractivity contribution in [2.45, 2.75) is 51.6 Å². The smallest absolute Gasteiger partial charge is 0.321 e. The molecule has 0 spiro atoms. The van der Waals surface area contributed by atoms with Crippen LogP contribution in [0.3, 0.4) is 0 Å². The lowest BCUT2D eigenvalue weighted by Gasteiger charge is -2.36. The third-order valence-electron chi connectivity index (χ3n) is 4.32. The van der Waals surface area contributed by atoms with Gasteiger partial charge in [0.15, 0.2) is 0 Å². The highest BCUT2D eigenvalue weighted by molar-refractivity contribution is 5.96. The molecule has 0 aromatic carbocycles. The highest BCUT2D eigenvalue weighted by Crippen LogP contribution is 2.22. The molecule has 0 radical (unpaired) electrons. The number of carbonyl (C=O) groups is 2. The highest BCUT2D eigenvalue weighted by atomic mass is 16.2. The summed E-state index contributed by atoms with van der Waals surface area (Å²) in [5, 5.41) is 8.56. The average molecular weight is 296 g/mol. The molecule has 1 saturated heterocycles.